The SMILES string of the molecule is Cc1noc2nc(C(C)C)cc(C(=O)NCc3ccc(C(=O)N4CCCCC4)cc3)c12. The number of nitrogens with zero attached hydrogens (tertiary/aromatic N) is 3. The fourth-order valence-corrected chi connectivity index (χ4v) is 3.91. The second-order valence-corrected chi connectivity index (χ2v) is 8.43. The minimum absolute atomic E-state index is 0.0820. The van der Waals surface area contributed by atoms with E-state index < -0.39 is 0 Å². The van der Waals surface area contributed by atoms with Crippen LogP contribution >= 0.6 is 0 Å². The maximum atomic E-state index is 13.0. The standard InChI is InChI=1S/C24H28N4O3/c1-15(2)20-13-19(21-16(3)27-31-23(21)26-20)22(29)25-14-17-7-9-18(10-8-17)24(30)28-11-5-4-6-12-28/h7-10,13,15H,4-6,11-12,14H2,1-3H3,(H,25,29). The number of aryl methyl sites for hydroxylation is 1. The predicted molar refractivity (Wildman–Crippen MR) is 118 cm³/mol. The lowest BCUT2D eigenvalue weighted by atomic mass is 10.0. The van der Waals surface area contributed by atoms with Gasteiger partial charge in [-0.05, 0) is 55.9 Å². The molecule has 4 rings (SSSR count). The summed E-state index contributed by atoms with van der Waals surface area (Å²) in [7, 11) is 0. The van der Waals surface area contributed by atoms with Crippen LogP contribution in [-0.4, -0.2) is 39.9 Å². The van der Waals surface area contributed by atoms with E-state index in [0.717, 1.165) is 37.2 Å². The first kappa shape index (κ1) is 21.0. The van der Waals surface area contributed by atoms with Crippen molar-refractivity contribution < 1.29 is 14.1 Å². The van der Waals surface area contributed by atoms with Crippen LogP contribution in [0, 0.1) is 6.92 Å². The molecule has 0 spiro atoms. The molecule has 3 aromatic rings. The molecule has 1 fully saturated rings. The number of nitrogens with one attached hydrogen (secondary N) is 1. The Balaban J connectivity index is 1.46. The molecule has 7 heteroatoms. The molecule has 0 saturated carbocycles. The third kappa shape index (κ3) is 4.45. The monoisotopic (exact) mass is 420 g/mol. The van der Waals surface area contributed by atoms with Gasteiger partial charge in [0.2, 0.25) is 0 Å². The smallest absolute Gasteiger partial charge is 0.259 e. The number of amides is 2. The minimum atomic E-state index is -0.200. The molecule has 1 aliphatic rings. The molecule has 7 nitrogen and oxygen atoms in total. The second-order valence-electron chi connectivity index (χ2n) is 8.43. The molecule has 0 unspecified atom stereocenters. The summed E-state index contributed by atoms with van der Waals surface area (Å²) in [6.07, 6.45) is 3.34. The number of pyridine rings is 1. The number of carbonyl (C=O) groups is 2. The zero-order chi connectivity index (χ0) is 22.0. The highest BCUT2D eigenvalue weighted by Gasteiger charge is 2.20. The van der Waals surface area contributed by atoms with Crippen LogP contribution in [0.1, 0.15) is 76.7 Å². The average molecular weight is 421 g/mol. The largest absolute Gasteiger partial charge is 0.348 e. The number of carbonyl (C=O) groups excluding carboxylic acids is 2. The second kappa shape index (κ2) is 8.88. The molecule has 1 aromatic carbocycles. The molecular weight excluding hydrogens is 392 g/mol. The molecular formula is C24H28N4O3. The first-order valence-corrected chi connectivity index (χ1v) is 10.9. The molecule has 2 aromatic heterocycles. The van der Waals surface area contributed by atoms with Gasteiger partial charge in [-0.2, -0.15) is 0 Å². The van der Waals surface area contributed by atoms with Crippen molar-refractivity contribution in [1.29, 1.82) is 0 Å². The van der Waals surface area contributed by atoms with E-state index in [1.807, 2.05) is 49.1 Å². The minimum Gasteiger partial charge on any atom is -0.348 e. The lowest BCUT2D eigenvalue weighted by molar-refractivity contribution is 0.0724. The van der Waals surface area contributed by atoms with Gasteiger partial charge in [0.1, 0.15) is 0 Å². The fraction of sp³-hybridized carbons (Fsp3) is 0.417. The topological polar surface area (TPSA) is 88.3 Å². The van der Waals surface area contributed by atoms with E-state index >= 15 is 0 Å². The van der Waals surface area contributed by atoms with Crippen molar-refractivity contribution in [3.8, 4) is 0 Å². The molecule has 0 radical (unpaired) electrons. The molecule has 1 N–H and O–H groups in total. The highest BCUT2D eigenvalue weighted by Crippen LogP contribution is 2.25. The number of rotatable bonds is 5. The van der Waals surface area contributed by atoms with E-state index in [0.29, 0.717) is 34.5 Å². The van der Waals surface area contributed by atoms with Gasteiger partial charge in [0.05, 0.1) is 16.6 Å². The van der Waals surface area contributed by atoms with Gasteiger partial charge in [0.15, 0.2) is 0 Å². The number of hydrogen-bond donors (Lipinski definition) is 1. The van der Waals surface area contributed by atoms with Crippen molar-refractivity contribution in [3.63, 3.8) is 0 Å². The van der Waals surface area contributed by atoms with Gasteiger partial charge >= 0.3 is 0 Å². The number of hydrogen-bond acceptors (Lipinski definition) is 5. The summed E-state index contributed by atoms with van der Waals surface area (Å²) in [5.41, 5.74) is 3.95. The Kier molecular flexibility index (Phi) is 6.02. The van der Waals surface area contributed by atoms with Crippen LogP contribution in [0.5, 0.6) is 0 Å². The van der Waals surface area contributed by atoms with Crippen LogP contribution in [0.2, 0.25) is 0 Å². The van der Waals surface area contributed by atoms with Crippen molar-refractivity contribution in [2.24, 2.45) is 0 Å². The lowest BCUT2D eigenvalue weighted by Crippen LogP contribution is -2.35. The maximum absolute atomic E-state index is 13.0. The molecule has 1 aliphatic heterocycles. The van der Waals surface area contributed by atoms with E-state index in [9.17, 15) is 9.59 Å². The molecule has 31 heavy (non-hydrogen) atoms. The number of benzene rings is 1. The van der Waals surface area contributed by atoms with Crippen molar-refractivity contribution in [1.82, 2.24) is 20.4 Å². The zero-order valence-corrected chi connectivity index (χ0v) is 18.3. The summed E-state index contributed by atoms with van der Waals surface area (Å²) >= 11 is 0. The van der Waals surface area contributed by atoms with Gasteiger partial charge in [-0.3, -0.25) is 9.59 Å². The number of fused-ring (bicyclic) bond motifs is 1. The van der Waals surface area contributed by atoms with Crippen LogP contribution in [0.15, 0.2) is 34.9 Å². The van der Waals surface area contributed by atoms with Gasteiger partial charge in [0.25, 0.3) is 17.5 Å². The Hall–Kier alpha value is -3.22. The van der Waals surface area contributed by atoms with E-state index in [4.69, 9.17) is 4.52 Å². The highest BCUT2D eigenvalue weighted by atomic mass is 16.5. The van der Waals surface area contributed by atoms with Crippen molar-refractivity contribution in [3.05, 3.63) is 58.4 Å². The maximum Gasteiger partial charge on any atom is 0.259 e. The van der Waals surface area contributed by atoms with Gasteiger partial charge in [-0.15, -0.1) is 0 Å². The molecule has 0 atom stereocenters. The van der Waals surface area contributed by atoms with E-state index in [1.54, 1.807) is 6.92 Å². The van der Waals surface area contributed by atoms with Gasteiger partial charge in [-0.1, -0.05) is 31.1 Å². The van der Waals surface area contributed by atoms with E-state index in [1.165, 1.54) is 6.42 Å². The van der Waals surface area contributed by atoms with E-state index in [2.05, 4.69) is 15.5 Å². The van der Waals surface area contributed by atoms with E-state index in [-0.39, 0.29) is 17.7 Å². The number of likely N-dealkylation sites (tertiary alicyclic amines) is 1. The third-order valence-electron chi connectivity index (χ3n) is 5.77. The molecule has 3 heterocycles. The summed E-state index contributed by atoms with van der Waals surface area (Å²) in [6.45, 7) is 7.87. The van der Waals surface area contributed by atoms with Crippen molar-refractivity contribution in [2.45, 2.75) is 52.5 Å². The predicted octanol–water partition coefficient (Wildman–Crippen LogP) is 4.21. The molecule has 2 amide bonds. The summed E-state index contributed by atoms with van der Waals surface area (Å²) in [4.78, 5) is 32.0. The summed E-state index contributed by atoms with van der Waals surface area (Å²) < 4.78 is 5.30. The Morgan fingerprint density at radius 1 is 1.13 bits per heavy atom. The van der Waals surface area contributed by atoms with Gasteiger partial charge in [-0.25, -0.2) is 4.98 Å². The average Bonchev–Trinajstić information content (AvgIpc) is 3.18. The molecule has 0 aliphatic carbocycles. The Labute approximate surface area is 181 Å². The van der Waals surface area contributed by atoms with Crippen LogP contribution in [-0.2, 0) is 6.54 Å². The molecule has 162 valence electrons. The summed E-state index contributed by atoms with van der Waals surface area (Å²) in [5.74, 6) is 0.0408. The zero-order valence-electron chi connectivity index (χ0n) is 18.3. The molecule has 1 saturated heterocycles. The first-order valence-electron chi connectivity index (χ1n) is 10.9. The fourth-order valence-electron chi connectivity index (χ4n) is 3.91. The van der Waals surface area contributed by atoms with Crippen LogP contribution < -0.4 is 5.32 Å². The summed E-state index contributed by atoms with van der Waals surface area (Å²) in [6, 6.07) is 9.27. The van der Waals surface area contributed by atoms with Gasteiger partial charge < -0.3 is 14.7 Å². The Morgan fingerprint density at radius 3 is 2.52 bits per heavy atom. The Bertz CT molecular complexity index is 1100. The number of aromatic nitrogens is 2. The quantitative estimate of drug-likeness (QED) is 0.668. The normalized spacial score (nSPS) is 14.3. The molecule has 0 bridgehead atoms. The lowest BCUT2D eigenvalue weighted by Gasteiger charge is -2.26. The van der Waals surface area contributed by atoms with Crippen molar-refractivity contribution >= 4 is 22.9 Å². The first-order chi connectivity index (χ1) is 14.9. The van der Waals surface area contributed by atoms with Crippen molar-refractivity contribution in [2.75, 3.05) is 13.1 Å². The highest BCUT2D eigenvalue weighted by molar-refractivity contribution is 6.06. The Morgan fingerprint density at radius 2 is 1.84 bits per heavy atom. The van der Waals surface area contributed by atoms with Gasteiger partial charge in [0, 0.05) is 30.9 Å². The van der Waals surface area contributed by atoms with Crippen LogP contribution in [0.25, 0.3) is 11.1 Å². The summed E-state index contributed by atoms with van der Waals surface area (Å²) in [5, 5.41) is 7.58. The van der Waals surface area contributed by atoms with Crippen LogP contribution in [0.3, 0.4) is 0 Å². The third-order valence-corrected chi connectivity index (χ3v) is 5.77. The number of piperidine rings is 1. The van der Waals surface area contributed by atoms with Crippen LogP contribution in [0.4, 0.5) is 0 Å².